The summed E-state index contributed by atoms with van der Waals surface area (Å²) in [6, 6.07) is 0. The maximum absolute atomic E-state index is 5.66. The fourth-order valence-electron chi connectivity index (χ4n) is 3.45. The maximum Gasteiger partial charge on any atom is 0.0535 e. The normalized spacial score (nSPS) is 22.0. The summed E-state index contributed by atoms with van der Waals surface area (Å²) >= 11 is 0. The second-order valence-corrected chi connectivity index (χ2v) is 7.01. The quantitative estimate of drug-likeness (QED) is 0.438. The molecule has 0 amide bonds. The Hall–Kier alpha value is -0.0800. The van der Waals surface area contributed by atoms with E-state index in [1.807, 2.05) is 0 Å². The van der Waals surface area contributed by atoms with Crippen LogP contribution in [0.3, 0.4) is 0 Å². The van der Waals surface area contributed by atoms with Crippen molar-refractivity contribution >= 4 is 0 Å². The lowest BCUT2D eigenvalue weighted by Gasteiger charge is -2.27. The van der Waals surface area contributed by atoms with E-state index in [0.29, 0.717) is 5.41 Å². The molecule has 2 nitrogen and oxygen atoms in total. The van der Waals surface area contributed by atoms with Gasteiger partial charge in [0.2, 0.25) is 0 Å². The zero-order chi connectivity index (χ0) is 15.2. The number of hydrogen-bond acceptors (Lipinski definition) is 2. The van der Waals surface area contributed by atoms with Crippen molar-refractivity contribution in [2.45, 2.75) is 90.9 Å². The summed E-state index contributed by atoms with van der Waals surface area (Å²) in [5, 5.41) is 3.54. The highest BCUT2D eigenvalue weighted by Crippen LogP contribution is 2.33. The van der Waals surface area contributed by atoms with Gasteiger partial charge in [0.25, 0.3) is 0 Å². The van der Waals surface area contributed by atoms with E-state index < -0.39 is 0 Å². The fraction of sp³-hybridized carbons (Fsp3) is 1.00. The molecule has 1 rings (SSSR count). The van der Waals surface area contributed by atoms with Crippen LogP contribution in [0.1, 0.15) is 90.9 Å². The van der Waals surface area contributed by atoms with Gasteiger partial charge in [0.1, 0.15) is 0 Å². The van der Waals surface area contributed by atoms with Gasteiger partial charge in [-0.3, -0.25) is 0 Å². The van der Waals surface area contributed by atoms with Gasteiger partial charge in [0, 0.05) is 18.6 Å². The van der Waals surface area contributed by atoms with Crippen LogP contribution in [0.2, 0.25) is 0 Å². The third-order valence-corrected chi connectivity index (χ3v) is 5.00. The Kier molecular flexibility index (Phi) is 11.3. The first-order valence-corrected chi connectivity index (χ1v) is 9.61. The Morgan fingerprint density at radius 2 is 1.48 bits per heavy atom. The fourth-order valence-corrected chi connectivity index (χ4v) is 3.45. The Bertz CT molecular complexity index is 224. The summed E-state index contributed by atoms with van der Waals surface area (Å²) in [5.41, 5.74) is 0.455. The summed E-state index contributed by atoms with van der Waals surface area (Å²) in [5.74, 6) is 0. The number of unbranched alkanes of at least 4 members (excludes halogenated alkanes) is 9. The van der Waals surface area contributed by atoms with E-state index in [1.54, 1.807) is 0 Å². The zero-order valence-corrected chi connectivity index (χ0v) is 14.7. The number of hydrogen-bond donors (Lipinski definition) is 1. The molecule has 1 N–H and O–H groups in total. The molecule has 1 heterocycles. The molecule has 0 aromatic carbocycles. The minimum Gasteiger partial charge on any atom is -0.381 e. The molecule has 0 bridgehead atoms. The van der Waals surface area contributed by atoms with Crippen LogP contribution in [-0.4, -0.2) is 26.3 Å². The molecule has 21 heavy (non-hydrogen) atoms. The van der Waals surface area contributed by atoms with Crippen molar-refractivity contribution < 1.29 is 4.74 Å². The molecule has 1 saturated heterocycles. The van der Waals surface area contributed by atoms with Gasteiger partial charge in [-0.2, -0.15) is 0 Å². The van der Waals surface area contributed by atoms with Crippen molar-refractivity contribution in [1.82, 2.24) is 5.32 Å². The largest absolute Gasteiger partial charge is 0.381 e. The summed E-state index contributed by atoms with van der Waals surface area (Å²) in [6.07, 6.45) is 16.9. The molecule has 1 aliphatic heterocycles. The van der Waals surface area contributed by atoms with E-state index >= 15 is 0 Å². The van der Waals surface area contributed by atoms with Gasteiger partial charge in [0.05, 0.1) is 6.61 Å². The Labute approximate surface area is 133 Å². The third-order valence-electron chi connectivity index (χ3n) is 5.00. The van der Waals surface area contributed by atoms with Gasteiger partial charge in [0.15, 0.2) is 0 Å². The van der Waals surface area contributed by atoms with Crippen molar-refractivity contribution in [2.75, 3.05) is 26.3 Å². The van der Waals surface area contributed by atoms with Crippen LogP contribution < -0.4 is 5.32 Å². The number of rotatable bonds is 14. The molecule has 0 radical (unpaired) electrons. The van der Waals surface area contributed by atoms with Gasteiger partial charge in [-0.25, -0.2) is 0 Å². The first-order chi connectivity index (χ1) is 10.3. The predicted molar refractivity (Wildman–Crippen MR) is 92.9 cm³/mol. The lowest BCUT2D eigenvalue weighted by Crippen LogP contribution is -2.34. The van der Waals surface area contributed by atoms with Crippen LogP contribution in [-0.2, 0) is 4.74 Å². The first kappa shape index (κ1) is 19.0. The van der Waals surface area contributed by atoms with Gasteiger partial charge in [-0.15, -0.1) is 0 Å². The molecule has 1 unspecified atom stereocenters. The average molecular weight is 298 g/mol. The molecule has 1 aliphatic rings. The van der Waals surface area contributed by atoms with Gasteiger partial charge in [-0.05, 0) is 19.4 Å². The van der Waals surface area contributed by atoms with E-state index in [2.05, 4.69) is 19.2 Å². The summed E-state index contributed by atoms with van der Waals surface area (Å²) in [6.45, 7) is 8.68. The average Bonchev–Trinajstić information content (AvgIpc) is 2.96. The van der Waals surface area contributed by atoms with Gasteiger partial charge >= 0.3 is 0 Å². The molecule has 0 aromatic heterocycles. The Morgan fingerprint density at radius 1 is 0.857 bits per heavy atom. The second kappa shape index (κ2) is 12.5. The van der Waals surface area contributed by atoms with Crippen molar-refractivity contribution in [2.24, 2.45) is 5.41 Å². The maximum atomic E-state index is 5.66. The Morgan fingerprint density at radius 3 is 2.00 bits per heavy atom. The standard InChI is InChI=1S/C19H39NO/c1-3-5-6-7-8-9-10-11-12-13-14-19(17-20-4-2)15-16-21-18-19/h20H,3-18H2,1-2H3. The van der Waals surface area contributed by atoms with E-state index in [9.17, 15) is 0 Å². The molecule has 1 fully saturated rings. The molecular weight excluding hydrogens is 258 g/mol. The summed E-state index contributed by atoms with van der Waals surface area (Å²) in [4.78, 5) is 0. The lowest BCUT2D eigenvalue weighted by atomic mass is 9.81. The molecule has 126 valence electrons. The number of ether oxygens (including phenoxy) is 1. The minimum absolute atomic E-state index is 0.455. The molecule has 2 heteroatoms. The molecular formula is C19H39NO. The van der Waals surface area contributed by atoms with Crippen molar-refractivity contribution in [3.05, 3.63) is 0 Å². The Balaban J connectivity index is 1.94. The topological polar surface area (TPSA) is 21.3 Å². The van der Waals surface area contributed by atoms with Crippen LogP contribution in [0.5, 0.6) is 0 Å². The van der Waals surface area contributed by atoms with Crippen LogP contribution >= 0.6 is 0 Å². The van der Waals surface area contributed by atoms with Crippen LogP contribution in [0, 0.1) is 5.41 Å². The lowest BCUT2D eigenvalue weighted by molar-refractivity contribution is 0.142. The van der Waals surface area contributed by atoms with Crippen molar-refractivity contribution in [3.63, 3.8) is 0 Å². The first-order valence-electron chi connectivity index (χ1n) is 9.61. The smallest absolute Gasteiger partial charge is 0.0535 e. The summed E-state index contributed by atoms with van der Waals surface area (Å²) in [7, 11) is 0. The highest BCUT2D eigenvalue weighted by molar-refractivity contribution is 4.85. The minimum atomic E-state index is 0.455. The highest BCUT2D eigenvalue weighted by Gasteiger charge is 2.33. The third kappa shape index (κ3) is 8.83. The van der Waals surface area contributed by atoms with E-state index in [1.165, 1.54) is 77.0 Å². The monoisotopic (exact) mass is 297 g/mol. The molecule has 1 atom stereocenters. The van der Waals surface area contributed by atoms with Crippen LogP contribution in [0.25, 0.3) is 0 Å². The second-order valence-electron chi connectivity index (χ2n) is 7.01. The van der Waals surface area contributed by atoms with E-state index in [0.717, 1.165) is 26.3 Å². The zero-order valence-electron chi connectivity index (χ0n) is 14.7. The van der Waals surface area contributed by atoms with E-state index in [4.69, 9.17) is 4.74 Å². The summed E-state index contributed by atoms with van der Waals surface area (Å²) < 4.78 is 5.66. The molecule has 0 saturated carbocycles. The molecule has 0 aliphatic carbocycles. The van der Waals surface area contributed by atoms with Gasteiger partial charge < -0.3 is 10.1 Å². The van der Waals surface area contributed by atoms with E-state index in [-0.39, 0.29) is 0 Å². The number of nitrogens with one attached hydrogen (secondary N) is 1. The van der Waals surface area contributed by atoms with Crippen LogP contribution in [0.15, 0.2) is 0 Å². The highest BCUT2D eigenvalue weighted by atomic mass is 16.5. The SMILES string of the molecule is CCCCCCCCCCCCC1(CNCC)CCOC1. The predicted octanol–water partition coefficient (Wildman–Crippen LogP) is 5.31. The van der Waals surface area contributed by atoms with Crippen molar-refractivity contribution in [1.29, 1.82) is 0 Å². The van der Waals surface area contributed by atoms with Gasteiger partial charge in [-0.1, -0.05) is 78.1 Å². The molecule has 0 spiro atoms. The molecule has 0 aromatic rings. The van der Waals surface area contributed by atoms with Crippen LogP contribution in [0.4, 0.5) is 0 Å². The van der Waals surface area contributed by atoms with Crippen molar-refractivity contribution in [3.8, 4) is 0 Å².